The summed E-state index contributed by atoms with van der Waals surface area (Å²) in [5.74, 6) is 0.400. The predicted octanol–water partition coefficient (Wildman–Crippen LogP) is 2.07. The van der Waals surface area contributed by atoms with Crippen LogP contribution in [-0.4, -0.2) is 36.1 Å². The summed E-state index contributed by atoms with van der Waals surface area (Å²) in [4.78, 5) is 14.6. The molecule has 0 aromatic heterocycles. The zero-order chi connectivity index (χ0) is 15.5. The molecule has 5 heteroatoms. The fourth-order valence-corrected chi connectivity index (χ4v) is 2.92. The van der Waals surface area contributed by atoms with Crippen LogP contribution in [0.15, 0.2) is 24.3 Å². The van der Waals surface area contributed by atoms with Crippen molar-refractivity contribution in [2.75, 3.05) is 13.1 Å². The summed E-state index contributed by atoms with van der Waals surface area (Å²) < 4.78 is 18.8. The molecule has 1 aliphatic carbocycles. The van der Waals surface area contributed by atoms with Gasteiger partial charge in [0.05, 0.1) is 6.10 Å². The number of carbonyl (C=O) groups is 1. The van der Waals surface area contributed by atoms with Crippen LogP contribution in [0.5, 0.6) is 0 Å². The Morgan fingerprint density at radius 3 is 2.55 bits per heavy atom. The zero-order valence-electron chi connectivity index (χ0n) is 12.7. The average molecular weight is 306 g/mol. The third-order valence-corrected chi connectivity index (χ3v) is 4.42. The molecule has 120 valence electrons. The second kappa shape index (κ2) is 6.75. The Morgan fingerprint density at radius 2 is 1.95 bits per heavy atom. The number of benzene rings is 1. The minimum atomic E-state index is -0.368. The SMILES string of the molecule is NC[C@H]1CC[C@@H](C(=O)N(Cc2ccc(F)cc2)CC2CC2)O1. The van der Waals surface area contributed by atoms with Gasteiger partial charge in [0, 0.05) is 19.6 Å². The molecule has 1 saturated heterocycles. The van der Waals surface area contributed by atoms with E-state index in [1.807, 2.05) is 4.90 Å². The lowest BCUT2D eigenvalue weighted by Gasteiger charge is -2.26. The van der Waals surface area contributed by atoms with Crippen molar-refractivity contribution < 1.29 is 13.9 Å². The maximum Gasteiger partial charge on any atom is 0.252 e. The first-order valence-corrected chi connectivity index (χ1v) is 8.04. The van der Waals surface area contributed by atoms with Crippen LogP contribution in [0.2, 0.25) is 0 Å². The number of hydrogen-bond acceptors (Lipinski definition) is 3. The molecular weight excluding hydrogens is 283 g/mol. The van der Waals surface area contributed by atoms with E-state index in [0.717, 1.165) is 24.9 Å². The zero-order valence-corrected chi connectivity index (χ0v) is 12.7. The fraction of sp³-hybridized carbons (Fsp3) is 0.588. The Bertz CT molecular complexity index is 516. The Hall–Kier alpha value is -1.46. The van der Waals surface area contributed by atoms with E-state index in [-0.39, 0.29) is 23.9 Å². The molecule has 2 fully saturated rings. The predicted molar refractivity (Wildman–Crippen MR) is 81.5 cm³/mol. The Kier molecular flexibility index (Phi) is 4.74. The Labute approximate surface area is 130 Å². The molecule has 4 nitrogen and oxygen atoms in total. The minimum Gasteiger partial charge on any atom is -0.364 e. The van der Waals surface area contributed by atoms with E-state index < -0.39 is 0 Å². The van der Waals surface area contributed by atoms with Gasteiger partial charge in [0.1, 0.15) is 11.9 Å². The summed E-state index contributed by atoms with van der Waals surface area (Å²) in [5, 5.41) is 0. The van der Waals surface area contributed by atoms with Gasteiger partial charge in [0.2, 0.25) is 0 Å². The first-order chi connectivity index (χ1) is 10.7. The van der Waals surface area contributed by atoms with Gasteiger partial charge in [-0.1, -0.05) is 12.1 Å². The van der Waals surface area contributed by atoms with Crippen molar-refractivity contribution in [2.24, 2.45) is 11.7 Å². The fourth-order valence-electron chi connectivity index (χ4n) is 2.92. The van der Waals surface area contributed by atoms with Crippen molar-refractivity contribution in [3.8, 4) is 0 Å². The van der Waals surface area contributed by atoms with Crippen LogP contribution < -0.4 is 5.73 Å². The molecule has 1 amide bonds. The highest BCUT2D eigenvalue weighted by Crippen LogP contribution is 2.31. The molecule has 0 spiro atoms. The molecule has 2 aliphatic rings. The topological polar surface area (TPSA) is 55.6 Å². The molecule has 0 radical (unpaired) electrons. The van der Waals surface area contributed by atoms with Crippen LogP contribution in [0.4, 0.5) is 4.39 Å². The maximum atomic E-state index is 13.0. The molecule has 2 atom stereocenters. The molecule has 1 aromatic rings. The second-order valence-corrected chi connectivity index (χ2v) is 6.35. The van der Waals surface area contributed by atoms with Gasteiger partial charge < -0.3 is 15.4 Å². The quantitative estimate of drug-likeness (QED) is 0.875. The van der Waals surface area contributed by atoms with Gasteiger partial charge in [-0.2, -0.15) is 0 Å². The number of carbonyl (C=O) groups excluding carboxylic acids is 1. The summed E-state index contributed by atoms with van der Waals surface area (Å²) in [6, 6.07) is 6.35. The lowest BCUT2D eigenvalue weighted by atomic mass is 10.1. The van der Waals surface area contributed by atoms with Crippen LogP contribution >= 0.6 is 0 Å². The van der Waals surface area contributed by atoms with Gasteiger partial charge in [-0.15, -0.1) is 0 Å². The minimum absolute atomic E-state index is 0.00236. The molecule has 1 heterocycles. The lowest BCUT2D eigenvalue weighted by molar-refractivity contribution is -0.143. The normalized spacial score (nSPS) is 24.5. The highest BCUT2D eigenvalue weighted by Gasteiger charge is 2.35. The third kappa shape index (κ3) is 3.84. The van der Waals surface area contributed by atoms with Crippen molar-refractivity contribution in [3.05, 3.63) is 35.6 Å². The van der Waals surface area contributed by atoms with E-state index in [1.165, 1.54) is 25.0 Å². The van der Waals surface area contributed by atoms with Gasteiger partial charge in [0.25, 0.3) is 5.91 Å². The smallest absolute Gasteiger partial charge is 0.252 e. The molecule has 1 aromatic carbocycles. The van der Waals surface area contributed by atoms with Crippen molar-refractivity contribution in [2.45, 2.75) is 44.4 Å². The van der Waals surface area contributed by atoms with Gasteiger partial charge in [-0.05, 0) is 49.3 Å². The standard InChI is InChI=1S/C17H23FN2O2/c18-14-5-3-13(4-6-14)11-20(10-12-1-2-12)17(21)16-8-7-15(9-19)22-16/h3-6,12,15-16H,1-2,7-11,19H2/t15-,16+/m1/s1. The third-order valence-electron chi connectivity index (χ3n) is 4.42. The number of rotatable bonds is 6. The summed E-state index contributed by atoms with van der Waals surface area (Å²) in [5.41, 5.74) is 6.56. The molecule has 1 saturated carbocycles. The number of nitrogens with zero attached hydrogens (tertiary/aromatic N) is 1. The Balaban J connectivity index is 1.66. The molecule has 0 unspecified atom stereocenters. The molecule has 0 bridgehead atoms. The van der Waals surface area contributed by atoms with E-state index in [0.29, 0.717) is 19.0 Å². The van der Waals surface area contributed by atoms with E-state index >= 15 is 0 Å². The van der Waals surface area contributed by atoms with Crippen molar-refractivity contribution in [3.63, 3.8) is 0 Å². The van der Waals surface area contributed by atoms with Gasteiger partial charge in [-0.25, -0.2) is 4.39 Å². The number of amides is 1. The largest absolute Gasteiger partial charge is 0.364 e. The van der Waals surface area contributed by atoms with Gasteiger partial charge in [-0.3, -0.25) is 4.79 Å². The van der Waals surface area contributed by atoms with E-state index in [1.54, 1.807) is 12.1 Å². The Morgan fingerprint density at radius 1 is 1.23 bits per heavy atom. The number of ether oxygens (including phenoxy) is 1. The van der Waals surface area contributed by atoms with E-state index in [9.17, 15) is 9.18 Å². The van der Waals surface area contributed by atoms with Crippen LogP contribution in [0.1, 0.15) is 31.2 Å². The lowest BCUT2D eigenvalue weighted by Crippen LogP contribution is -2.40. The van der Waals surface area contributed by atoms with E-state index in [2.05, 4.69) is 0 Å². The molecule has 22 heavy (non-hydrogen) atoms. The van der Waals surface area contributed by atoms with Crippen LogP contribution in [-0.2, 0) is 16.1 Å². The summed E-state index contributed by atoms with van der Waals surface area (Å²) >= 11 is 0. The monoisotopic (exact) mass is 306 g/mol. The van der Waals surface area contributed by atoms with Crippen molar-refractivity contribution in [1.29, 1.82) is 0 Å². The van der Waals surface area contributed by atoms with Crippen LogP contribution in [0, 0.1) is 11.7 Å². The maximum absolute atomic E-state index is 13.0. The first-order valence-electron chi connectivity index (χ1n) is 8.04. The summed E-state index contributed by atoms with van der Waals surface area (Å²) in [6.07, 6.45) is 3.59. The van der Waals surface area contributed by atoms with E-state index in [4.69, 9.17) is 10.5 Å². The number of hydrogen-bond donors (Lipinski definition) is 1. The summed E-state index contributed by atoms with van der Waals surface area (Å²) in [6.45, 7) is 1.75. The van der Waals surface area contributed by atoms with Crippen molar-refractivity contribution in [1.82, 2.24) is 4.90 Å². The second-order valence-electron chi connectivity index (χ2n) is 6.35. The molecular formula is C17H23FN2O2. The summed E-state index contributed by atoms with van der Waals surface area (Å²) in [7, 11) is 0. The molecule has 2 N–H and O–H groups in total. The first kappa shape index (κ1) is 15.4. The van der Waals surface area contributed by atoms with Crippen LogP contribution in [0.25, 0.3) is 0 Å². The van der Waals surface area contributed by atoms with Gasteiger partial charge in [0.15, 0.2) is 0 Å². The highest BCUT2D eigenvalue weighted by atomic mass is 19.1. The van der Waals surface area contributed by atoms with Gasteiger partial charge >= 0.3 is 0 Å². The van der Waals surface area contributed by atoms with Crippen molar-refractivity contribution >= 4 is 5.91 Å². The van der Waals surface area contributed by atoms with Crippen LogP contribution in [0.3, 0.4) is 0 Å². The average Bonchev–Trinajstić information content (AvgIpc) is 3.21. The highest BCUT2D eigenvalue weighted by molar-refractivity contribution is 5.81. The number of nitrogens with two attached hydrogens (primary N) is 1. The molecule has 3 rings (SSSR count). The molecule has 1 aliphatic heterocycles. The number of halogens is 1.